The molecule has 0 radical (unpaired) electrons. The van der Waals surface area contributed by atoms with Gasteiger partial charge in [0.15, 0.2) is 0 Å². The Morgan fingerprint density at radius 1 is 0.857 bits per heavy atom. The summed E-state index contributed by atoms with van der Waals surface area (Å²) in [7, 11) is 0. The van der Waals surface area contributed by atoms with Crippen LogP contribution in [0, 0.1) is 0 Å². The summed E-state index contributed by atoms with van der Waals surface area (Å²) >= 11 is 0. The zero-order valence-electron chi connectivity index (χ0n) is 12.2. The summed E-state index contributed by atoms with van der Waals surface area (Å²) in [4.78, 5) is 2.51. The van der Waals surface area contributed by atoms with Gasteiger partial charge in [-0.2, -0.15) is 0 Å². The Morgan fingerprint density at radius 3 is 2.10 bits per heavy atom. The van der Waals surface area contributed by atoms with E-state index in [4.69, 9.17) is 0 Å². The van der Waals surface area contributed by atoms with Gasteiger partial charge in [-0.1, -0.05) is 12.1 Å². The Kier molecular flexibility index (Phi) is 10.4. The molecule has 1 atom stereocenters. The number of piperazine rings is 1. The molecule has 2 heterocycles. The van der Waals surface area contributed by atoms with E-state index in [1.807, 2.05) is 0 Å². The van der Waals surface area contributed by atoms with E-state index in [0.29, 0.717) is 6.04 Å². The summed E-state index contributed by atoms with van der Waals surface area (Å²) in [5.74, 6) is 0. The lowest BCUT2D eigenvalue weighted by atomic mass is 10.0. The Hall–Kier alpha value is -0.190. The van der Waals surface area contributed by atoms with Crippen molar-refractivity contribution in [2.45, 2.75) is 25.3 Å². The minimum Gasteiger partial charge on any atom is -0.372 e. The molecule has 2 saturated heterocycles. The average molecular weight is 355 g/mol. The zero-order valence-corrected chi connectivity index (χ0v) is 14.7. The maximum atomic E-state index is 3.56. The highest BCUT2D eigenvalue weighted by Crippen LogP contribution is 2.22. The molecule has 3 rings (SSSR count). The molecule has 2 aliphatic rings. The molecule has 1 aromatic rings. The lowest BCUT2D eigenvalue weighted by molar-refractivity contribution is 0.430. The maximum Gasteiger partial charge on any atom is 0.0447 e. The third kappa shape index (κ3) is 5.50. The van der Waals surface area contributed by atoms with Gasteiger partial charge >= 0.3 is 0 Å². The normalized spacial score (nSPS) is 21.5. The molecule has 0 unspecified atom stereocenters. The molecule has 0 amide bonds. The molecule has 6 heteroatoms. The van der Waals surface area contributed by atoms with Gasteiger partial charge in [-0.25, -0.2) is 0 Å². The van der Waals surface area contributed by atoms with Gasteiger partial charge in [-0.15, -0.1) is 37.2 Å². The SMILES string of the molecule is Cl.Cl.Cl.c1cc(N2CCCCC2)ccc1[C@H]1CNCCN1. The topological polar surface area (TPSA) is 27.3 Å². The van der Waals surface area contributed by atoms with E-state index >= 15 is 0 Å². The molecular weight excluding hydrogens is 329 g/mol. The van der Waals surface area contributed by atoms with Crippen LogP contribution in [0.15, 0.2) is 24.3 Å². The highest BCUT2D eigenvalue weighted by molar-refractivity contribution is 5.86. The minimum atomic E-state index is 0. The maximum absolute atomic E-state index is 3.56. The first-order chi connectivity index (χ1) is 8.93. The molecule has 2 N–H and O–H groups in total. The highest BCUT2D eigenvalue weighted by atomic mass is 35.5. The van der Waals surface area contributed by atoms with Crippen LogP contribution in [0.4, 0.5) is 5.69 Å². The van der Waals surface area contributed by atoms with Crippen molar-refractivity contribution in [3.05, 3.63) is 29.8 Å². The second kappa shape index (κ2) is 10.5. The number of halogens is 3. The predicted octanol–water partition coefficient (Wildman–Crippen LogP) is 3.18. The van der Waals surface area contributed by atoms with E-state index in [1.54, 1.807) is 0 Å². The summed E-state index contributed by atoms with van der Waals surface area (Å²) in [6.07, 6.45) is 4.08. The molecule has 122 valence electrons. The van der Waals surface area contributed by atoms with Gasteiger partial charge in [0.2, 0.25) is 0 Å². The van der Waals surface area contributed by atoms with Crippen molar-refractivity contribution < 1.29 is 0 Å². The summed E-state index contributed by atoms with van der Waals surface area (Å²) in [6, 6.07) is 9.63. The van der Waals surface area contributed by atoms with Crippen LogP contribution < -0.4 is 15.5 Å². The van der Waals surface area contributed by atoms with Crippen LogP contribution in [0.2, 0.25) is 0 Å². The standard InChI is InChI=1S/C15H23N3.3ClH/c1-2-10-18(11-3-1)14-6-4-13(5-7-14)15-12-16-8-9-17-15;;;/h4-7,15-17H,1-3,8-12H2;3*1H/t15-;;;/m1.../s1. The molecule has 0 spiro atoms. The van der Waals surface area contributed by atoms with Crippen molar-refractivity contribution in [1.82, 2.24) is 10.6 Å². The van der Waals surface area contributed by atoms with E-state index in [1.165, 1.54) is 43.6 Å². The van der Waals surface area contributed by atoms with Gasteiger partial charge in [-0.3, -0.25) is 0 Å². The lowest BCUT2D eigenvalue weighted by Gasteiger charge is -2.30. The number of piperidine rings is 1. The molecule has 0 aromatic heterocycles. The molecule has 0 saturated carbocycles. The molecule has 21 heavy (non-hydrogen) atoms. The van der Waals surface area contributed by atoms with Crippen LogP contribution in [-0.4, -0.2) is 32.7 Å². The van der Waals surface area contributed by atoms with Gasteiger partial charge in [0.05, 0.1) is 0 Å². The average Bonchev–Trinajstić information content (AvgIpc) is 2.49. The summed E-state index contributed by atoms with van der Waals surface area (Å²) in [5.41, 5.74) is 2.80. The highest BCUT2D eigenvalue weighted by Gasteiger charge is 2.15. The van der Waals surface area contributed by atoms with Gasteiger partial charge in [0.25, 0.3) is 0 Å². The molecule has 3 nitrogen and oxygen atoms in total. The second-order valence-electron chi connectivity index (χ2n) is 5.35. The van der Waals surface area contributed by atoms with Crippen molar-refractivity contribution in [3.8, 4) is 0 Å². The quantitative estimate of drug-likeness (QED) is 0.854. The minimum absolute atomic E-state index is 0. The molecule has 1 aromatic carbocycles. The van der Waals surface area contributed by atoms with E-state index in [2.05, 4.69) is 39.8 Å². The van der Waals surface area contributed by atoms with Crippen LogP contribution in [-0.2, 0) is 0 Å². The fourth-order valence-corrected chi connectivity index (χ4v) is 2.96. The molecule has 0 bridgehead atoms. The number of hydrogen-bond donors (Lipinski definition) is 2. The Morgan fingerprint density at radius 2 is 1.52 bits per heavy atom. The van der Waals surface area contributed by atoms with Gasteiger partial charge in [-0.05, 0) is 37.0 Å². The molecule has 0 aliphatic carbocycles. The van der Waals surface area contributed by atoms with E-state index in [0.717, 1.165) is 19.6 Å². The fraction of sp³-hybridized carbons (Fsp3) is 0.600. The first-order valence-electron chi connectivity index (χ1n) is 7.22. The first-order valence-corrected chi connectivity index (χ1v) is 7.22. The van der Waals surface area contributed by atoms with E-state index in [9.17, 15) is 0 Å². The summed E-state index contributed by atoms with van der Waals surface area (Å²) in [5, 5.41) is 7.00. The Bertz CT molecular complexity index is 337. The number of rotatable bonds is 2. The fourth-order valence-electron chi connectivity index (χ4n) is 2.96. The van der Waals surface area contributed by atoms with Crippen LogP contribution in [0.1, 0.15) is 30.9 Å². The van der Waals surface area contributed by atoms with Crippen molar-refractivity contribution >= 4 is 42.9 Å². The monoisotopic (exact) mass is 353 g/mol. The largest absolute Gasteiger partial charge is 0.372 e. The van der Waals surface area contributed by atoms with Crippen LogP contribution in [0.25, 0.3) is 0 Å². The van der Waals surface area contributed by atoms with Crippen LogP contribution >= 0.6 is 37.2 Å². The first kappa shape index (κ1) is 20.8. The third-order valence-electron chi connectivity index (χ3n) is 4.06. The van der Waals surface area contributed by atoms with Crippen molar-refractivity contribution in [1.29, 1.82) is 0 Å². The van der Waals surface area contributed by atoms with Crippen molar-refractivity contribution in [2.75, 3.05) is 37.6 Å². The number of hydrogen-bond acceptors (Lipinski definition) is 3. The number of benzene rings is 1. The van der Waals surface area contributed by atoms with Gasteiger partial charge < -0.3 is 15.5 Å². The van der Waals surface area contributed by atoms with Crippen LogP contribution in [0.3, 0.4) is 0 Å². The van der Waals surface area contributed by atoms with Crippen molar-refractivity contribution in [2.24, 2.45) is 0 Å². The number of anilines is 1. The lowest BCUT2D eigenvalue weighted by Crippen LogP contribution is -2.42. The summed E-state index contributed by atoms with van der Waals surface area (Å²) in [6.45, 7) is 5.65. The zero-order chi connectivity index (χ0) is 12.2. The Balaban J connectivity index is 0.00000133. The third-order valence-corrected chi connectivity index (χ3v) is 4.06. The molecule has 2 aliphatic heterocycles. The summed E-state index contributed by atoms with van der Waals surface area (Å²) < 4.78 is 0. The molecule has 2 fully saturated rings. The predicted molar refractivity (Wildman–Crippen MR) is 97.9 cm³/mol. The number of nitrogens with one attached hydrogen (secondary N) is 2. The van der Waals surface area contributed by atoms with E-state index in [-0.39, 0.29) is 37.2 Å². The number of nitrogens with zero attached hydrogens (tertiary/aromatic N) is 1. The second-order valence-corrected chi connectivity index (χ2v) is 5.35. The van der Waals surface area contributed by atoms with Gasteiger partial charge in [0.1, 0.15) is 0 Å². The van der Waals surface area contributed by atoms with E-state index < -0.39 is 0 Å². The smallest absolute Gasteiger partial charge is 0.0447 e. The molecular formula is C15H26Cl3N3. The van der Waals surface area contributed by atoms with Crippen molar-refractivity contribution in [3.63, 3.8) is 0 Å². The van der Waals surface area contributed by atoms with Gasteiger partial charge in [0, 0.05) is 44.5 Å². The Labute approximate surface area is 146 Å². The van der Waals surface area contributed by atoms with Crippen LogP contribution in [0.5, 0.6) is 0 Å².